The maximum atomic E-state index is 14.2. The van der Waals surface area contributed by atoms with E-state index in [1.165, 1.54) is 34.4 Å². The van der Waals surface area contributed by atoms with Gasteiger partial charge in [0.15, 0.2) is 0 Å². The van der Waals surface area contributed by atoms with Gasteiger partial charge in [-0.15, -0.1) is 10.2 Å². The number of nitrogens with zero attached hydrogens (tertiary/aromatic N) is 3. The van der Waals surface area contributed by atoms with Gasteiger partial charge in [0.25, 0.3) is 11.8 Å². The molecule has 0 bridgehead atoms. The number of carbonyl (C=O) groups excluding carboxylic acids is 2. The Morgan fingerprint density at radius 2 is 1.79 bits per heavy atom. The van der Waals surface area contributed by atoms with Crippen molar-refractivity contribution in [2.45, 2.75) is 32.6 Å². The monoisotopic (exact) mass is 484 g/mol. The van der Waals surface area contributed by atoms with Gasteiger partial charge in [0.05, 0.1) is 5.56 Å². The third kappa shape index (κ3) is 6.44. The van der Waals surface area contributed by atoms with Crippen LogP contribution in [0.3, 0.4) is 0 Å². The number of carboxylic acids is 1. The van der Waals surface area contributed by atoms with Crippen LogP contribution in [0.4, 0.5) is 9.52 Å². The van der Waals surface area contributed by atoms with Gasteiger partial charge in [-0.05, 0) is 37.1 Å². The number of rotatable bonds is 11. The van der Waals surface area contributed by atoms with Crippen molar-refractivity contribution in [2.75, 3.05) is 18.0 Å². The molecule has 8 nitrogen and oxygen atoms in total. The highest BCUT2D eigenvalue weighted by molar-refractivity contribution is 7.18. The van der Waals surface area contributed by atoms with E-state index in [1.807, 2.05) is 6.92 Å². The molecule has 0 radical (unpaired) electrons. The van der Waals surface area contributed by atoms with Crippen LogP contribution in [0.5, 0.6) is 0 Å². The van der Waals surface area contributed by atoms with E-state index in [9.17, 15) is 18.8 Å². The number of carbonyl (C=O) groups is 3. The van der Waals surface area contributed by atoms with Crippen LogP contribution >= 0.6 is 11.3 Å². The fourth-order valence-electron chi connectivity index (χ4n) is 3.13. The molecule has 0 unspecified atom stereocenters. The summed E-state index contributed by atoms with van der Waals surface area (Å²) in [5, 5.41) is 20.6. The standard InChI is InChI=1S/C24H25FN4O4S/c1-2-3-15-29(23(33)18-7-4-5-8-19(18)25)24-28-27-22(34-24)17-12-10-16(11-13-17)21(32)26-14-6-9-20(30)31/h4-5,7-8,10-13H,2-3,6,9,14-15H2,1H3,(H,26,32)(H,30,31). The molecule has 0 saturated heterocycles. The number of unbranched alkanes of at least 4 members (excludes halogenated alkanes) is 1. The van der Waals surface area contributed by atoms with E-state index >= 15 is 0 Å². The van der Waals surface area contributed by atoms with Crippen molar-refractivity contribution in [3.8, 4) is 10.6 Å². The Kier molecular flexibility index (Phi) is 8.80. The number of hydrogen-bond donors (Lipinski definition) is 2. The van der Waals surface area contributed by atoms with Crippen LogP contribution < -0.4 is 10.2 Å². The number of hydrogen-bond acceptors (Lipinski definition) is 6. The predicted molar refractivity (Wildman–Crippen MR) is 128 cm³/mol. The molecule has 0 aliphatic carbocycles. The number of aromatic nitrogens is 2. The normalized spacial score (nSPS) is 10.6. The van der Waals surface area contributed by atoms with E-state index in [-0.39, 0.29) is 24.4 Å². The second-order valence-electron chi connectivity index (χ2n) is 7.51. The maximum Gasteiger partial charge on any atom is 0.303 e. The van der Waals surface area contributed by atoms with Gasteiger partial charge >= 0.3 is 5.97 Å². The summed E-state index contributed by atoms with van der Waals surface area (Å²) in [6, 6.07) is 12.6. The molecule has 0 aliphatic heterocycles. The van der Waals surface area contributed by atoms with Crippen LogP contribution in [-0.4, -0.2) is 46.2 Å². The van der Waals surface area contributed by atoms with Crippen molar-refractivity contribution in [1.29, 1.82) is 0 Å². The zero-order chi connectivity index (χ0) is 24.5. The summed E-state index contributed by atoms with van der Waals surface area (Å²) in [4.78, 5) is 37.2. The van der Waals surface area contributed by atoms with Gasteiger partial charge in [-0.2, -0.15) is 0 Å². The van der Waals surface area contributed by atoms with E-state index < -0.39 is 17.7 Å². The first-order valence-corrected chi connectivity index (χ1v) is 11.7. The van der Waals surface area contributed by atoms with Crippen LogP contribution in [0.25, 0.3) is 10.6 Å². The second kappa shape index (κ2) is 12.0. The molecule has 178 valence electrons. The fourth-order valence-corrected chi connectivity index (χ4v) is 4.00. The minimum Gasteiger partial charge on any atom is -0.481 e. The third-order valence-electron chi connectivity index (χ3n) is 4.98. The van der Waals surface area contributed by atoms with Gasteiger partial charge in [-0.1, -0.05) is 48.9 Å². The molecular weight excluding hydrogens is 459 g/mol. The molecule has 1 heterocycles. The second-order valence-corrected chi connectivity index (χ2v) is 8.47. The van der Waals surface area contributed by atoms with Crippen molar-refractivity contribution in [3.63, 3.8) is 0 Å². The molecule has 10 heteroatoms. The van der Waals surface area contributed by atoms with Gasteiger partial charge in [0.2, 0.25) is 5.13 Å². The summed E-state index contributed by atoms with van der Waals surface area (Å²) in [5.74, 6) is -2.25. The highest BCUT2D eigenvalue weighted by Gasteiger charge is 2.23. The minimum atomic E-state index is -0.904. The van der Waals surface area contributed by atoms with E-state index in [0.717, 1.165) is 18.4 Å². The molecule has 1 aromatic heterocycles. The number of benzene rings is 2. The fraction of sp³-hybridized carbons (Fsp3) is 0.292. The van der Waals surface area contributed by atoms with Crippen LogP contribution in [0.15, 0.2) is 48.5 Å². The lowest BCUT2D eigenvalue weighted by Gasteiger charge is -2.19. The molecule has 0 aliphatic rings. The summed E-state index contributed by atoms with van der Waals surface area (Å²) < 4.78 is 14.2. The highest BCUT2D eigenvalue weighted by atomic mass is 32.1. The van der Waals surface area contributed by atoms with Crippen LogP contribution in [0.2, 0.25) is 0 Å². The molecule has 2 N–H and O–H groups in total. The Labute approximate surface area is 200 Å². The summed E-state index contributed by atoms with van der Waals surface area (Å²) in [6.45, 7) is 2.66. The van der Waals surface area contributed by atoms with Crippen molar-refractivity contribution in [3.05, 3.63) is 65.5 Å². The number of amides is 2. The van der Waals surface area contributed by atoms with Crippen LogP contribution in [0, 0.1) is 5.82 Å². The van der Waals surface area contributed by atoms with Crippen LogP contribution in [-0.2, 0) is 4.79 Å². The van der Waals surface area contributed by atoms with Crippen molar-refractivity contribution in [1.82, 2.24) is 15.5 Å². The number of halogens is 1. The Morgan fingerprint density at radius 3 is 2.47 bits per heavy atom. The maximum absolute atomic E-state index is 14.2. The minimum absolute atomic E-state index is 0.00666. The lowest BCUT2D eigenvalue weighted by atomic mass is 10.1. The van der Waals surface area contributed by atoms with Crippen LogP contribution in [0.1, 0.15) is 53.3 Å². The Morgan fingerprint density at radius 1 is 1.06 bits per heavy atom. The summed E-state index contributed by atoms with van der Waals surface area (Å²) in [6.07, 6.45) is 1.93. The first kappa shape index (κ1) is 25.0. The first-order chi connectivity index (χ1) is 16.4. The zero-order valence-corrected chi connectivity index (χ0v) is 19.5. The number of anilines is 1. The van der Waals surface area contributed by atoms with E-state index in [1.54, 1.807) is 30.3 Å². The molecule has 2 aromatic carbocycles. The molecular formula is C24H25FN4O4S. The lowest BCUT2D eigenvalue weighted by molar-refractivity contribution is -0.137. The Balaban J connectivity index is 1.73. The van der Waals surface area contributed by atoms with E-state index in [4.69, 9.17) is 5.11 Å². The average Bonchev–Trinajstić information content (AvgIpc) is 3.32. The number of aliphatic carboxylic acids is 1. The van der Waals surface area contributed by atoms with Gasteiger partial charge < -0.3 is 10.4 Å². The smallest absolute Gasteiger partial charge is 0.303 e. The highest BCUT2D eigenvalue weighted by Crippen LogP contribution is 2.30. The molecule has 3 rings (SSSR count). The largest absolute Gasteiger partial charge is 0.481 e. The number of carboxylic acid groups (broad SMARTS) is 1. The Hall–Kier alpha value is -3.66. The van der Waals surface area contributed by atoms with E-state index in [2.05, 4.69) is 15.5 Å². The Bertz CT molecular complexity index is 1150. The summed E-state index contributed by atoms with van der Waals surface area (Å²) in [7, 11) is 0. The molecule has 0 saturated carbocycles. The van der Waals surface area contributed by atoms with Gasteiger partial charge in [-0.3, -0.25) is 19.3 Å². The summed E-state index contributed by atoms with van der Waals surface area (Å²) >= 11 is 1.21. The third-order valence-corrected chi connectivity index (χ3v) is 5.97. The summed E-state index contributed by atoms with van der Waals surface area (Å²) in [5.41, 5.74) is 1.14. The quantitative estimate of drug-likeness (QED) is 0.391. The SMILES string of the molecule is CCCCN(C(=O)c1ccccc1F)c1nnc(-c2ccc(C(=O)NCCCC(=O)O)cc2)s1. The lowest BCUT2D eigenvalue weighted by Crippen LogP contribution is -2.32. The molecule has 0 atom stereocenters. The molecule has 0 spiro atoms. The predicted octanol–water partition coefficient (Wildman–Crippen LogP) is 4.39. The van der Waals surface area contributed by atoms with Crippen molar-refractivity contribution >= 4 is 34.3 Å². The average molecular weight is 485 g/mol. The molecule has 0 fully saturated rings. The number of nitrogens with one attached hydrogen (secondary N) is 1. The first-order valence-electron chi connectivity index (χ1n) is 10.9. The molecule has 2 amide bonds. The van der Waals surface area contributed by atoms with Crippen molar-refractivity contribution < 1.29 is 23.9 Å². The van der Waals surface area contributed by atoms with Gasteiger partial charge in [0.1, 0.15) is 10.8 Å². The van der Waals surface area contributed by atoms with E-state index in [0.29, 0.717) is 28.7 Å². The molecule has 3 aromatic rings. The zero-order valence-electron chi connectivity index (χ0n) is 18.7. The van der Waals surface area contributed by atoms with Crippen molar-refractivity contribution in [2.24, 2.45) is 0 Å². The topological polar surface area (TPSA) is 112 Å². The molecule has 34 heavy (non-hydrogen) atoms. The van der Waals surface area contributed by atoms with Gasteiger partial charge in [-0.25, -0.2) is 4.39 Å². The van der Waals surface area contributed by atoms with Gasteiger partial charge in [0, 0.05) is 30.6 Å².